The fourth-order valence-electron chi connectivity index (χ4n) is 3.41. The van der Waals surface area contributed by atoms with Crippen LogP contribution in [-0.2, 0) is 0 Å². The van der Waals surface area contributed by atoms with Gasteiger partial charge in [-0.25, -0.2) is 0 Å². The summed E-state index contributed by atoms with van der Waals surface area (Å²) in [6.07, 6.45) is 6.81. The van der Waals surface area contributed by atoms with Gasteiger partial charge in [0, 0.05) is 23.9 Å². The number of nitrogens with zero attached hydrogens (tertiary/aromatic N) is 2. The van der Waals surface area contributed by atoms with E-state index in [1.165, 1.54) is 11.1 Å². The number of ether oxygens (including phenoxy) is 1. The number of aromatic nitrogens is 2. The number of nitrogens with two attached hydrogens (primary N) is 1. The molecule has 0 saturated heterocycles. The Bertz CT molecular complexity index is 973. The Morgan fingerprint density at radius 2 is 2.00 bits per heavy atom. The Balaban J connectivity index is 1.90. The summed E-state index contributed by atoms with van der Waals surface area (Å²) >= 11 is 0. The van der Waals surface area contributed by atoms with Crippen LogP contribution >= 0.6 is 0 Å². The third-order valence-electron chi connectivity index (χ3n) is 4.94. The van der Waals surface area contributed by atoms with E-state index in [1.54, 1.807) is 18.5 Å². The first-order chi connectivity index (χ1) is 12.2. The van der Waals surface area contributed by atoms with E-state index in [-0.39, 0.29) is 5.43 Å². The third-order valence-corrected chi connectivity index (χ3v) is 4.94. The Hall–Kier alpha value is -2.82. The average molecular weight is 335 g/mol. The molecule has 0 atom stereocenters. The SMILES string of the molecule is CCOc1ccc(-c2cn(N)c3ccnc(C4CCC4)c3c2=O)cc1. The molecule has 2 N–H and O–H groups in total. The average Bonchev–Trinajstić information content (AvgIpc) is 2.58. The summed E-state index contributed by atoms with van der Waals surface area (Å²) in [7, 11) is 0. The number of nitrogen functional groups attached to an aromatic ring is 1. The van der Waals surface area contributed by atoms with E-state index in [0.29, 0.717) is 23.5 Å². The van der Waals surface area contributed by atoms with E-state index in [2.05, 4.69) is 4.98 Å². The Kier molecular flexibility index (Phi) is 3.92. The van der Waals surface area contributed by atoms with Gasteiger partial charge in [0.25, 0.3) is 0 Å². The molecule has 128 valence electrons. The minimum absolute atomic E-state index is 0.00383. The van der Waals surface area contributed by atoms with Crippen molar-refractivity contribution in [3.8, 4) is 16.9 Å². The molecule has 0 bridgehead atoms. The lowest BCUT2D eigenvalue weighted by molar-refractivity contribution is 0.340. The lowest BCUT2D eigenvalue weighted by Crippen LogP contribution is -2.21. The summed E-state index contributed by atoms with van der Waals surface area (Å²) in [6.45, 7) is 2.56. The maximum Gasteiger partial charge on any atom is 0.199 e. The van der Waals surface area contributed by atoms with Gasteiger partial charge in [0.1, 0.15) is 5.75 Å². The van der Waals surface area contributed by atoms with Crippen molar-refractivity contribution in [2.45, 2.75) is 32.1 Å². The van der Waals surface area contributed by atoms with E-state index in [4.69, 9.17) is 10.6 Å². The maximum atomic E-state index is 13.2. The first-order valence-corrected chi connectivity index (χ1v) is 8.71. The molecule has 5 nitrogen and oxygen atoms in total. The van der Waals surface area contributed by atoms with Crippen LogP contribution in [0.15, 0.2) is 47.5 Å². The van der Waals surface area contributed by atoms with E-state index in [9.17, 15) is 4.79 Å². The van der Waals surface area contributed by atoms with Crippen molar-refractivity contribution in [3.63, 3.8) is 0 Å². The minimum Gasteiger partial charge on any atom is -0.494 e. The molecule has 1 aliphatic rings. The molecule has 0 unspecified atom stereocenters. The maximum absolute atomic E-state index is 13.2. The molecule has 2 heterocycles. The van der Waals surface area contributed by atoms with Crippen LogP contribution in [0.1, 0.15) is 37.8 Å². The summed E-state index contributed by atoms with van der Waals surface area (Å²) < 4.78 is 7.01. The first kappa shape index (κ1) is 15.7. The van der Waals surface area contributed by atoms with Crippen LogP contribution in [0.4, 0.5) is 0 Å². The first-order valence-electron chi connectivity index (χ1n) is 8.71. The fraction of sp³-hybridized carbons (Fsp3) is 0.300. The van der Waals surface area contributed by atoms with E-state index in [1.807, 2.05) is 31.2 Å². The molecule has 3 aromatic rings. The van der Waals surface area contributed by atoms with Crippen LogP contribution in [0.25, 0.3) is 22.0 Å². The summed E-state index contributed by atoms with van der Waals surface area (Å²) in [5.41, 5.74) is 3.04. The Labute approximate surface area is 146 Å². The molecule has 0 spiro atoms. The molecular formula is C20H21N3O2. The molecule has 1 saturated carbocycles. The number of benzene rings is 1. The number of fused-ring (bicyclic) bond motifs is 1. The molecule has 0 aliphatic heterocycles. The van der Waals surface area contributed by atoms with Crippen molar-refractivity contribution in [2.24, 2.45) is 0 Å². The molecule has 1 fully saturated rings. The van der Waals surface area contributed by atoms with Crippen molar-refractivity contribution in [1.82, 2.24) is 9.66 Å². The summed E-state index contributed by atoms with van der Waals surface area (Å²) in [6, 6.07) is 9.35. The number of rotatable bonds is 4. The molecule has 25 heavy (non-hydrogen) atoms. The van der Waals surface area contributed by atoms with Crippen LogP contribution in [0.2, 0.25) is 0 Å². The van der Waals surface area contributed by atoms with Gasteiger partial charge >= 0.3 is 0 Å². The zero-order valence-corrected chi connectivity index (χ0v) is 14.2. The molecule has 5 heteroatoms. The predicted octanol–water partition coefficient (Wildman–Crippen LogP) is 3.44. The fourth-order valence-corrected chi connectivity index (χ4v) is 3.41. The number of hydrogen-bond acceptors (Lipinski definition) is 4. The quantitative estimate of drug-likeness (QED) is 0.742. The highest BCUT2D eigenvalue weighted by Gasteiger charge is 2.25. The van der Waals surface area contributed by atoms with Gasteiger partial charge in [-0.3, -0.25) is 14.5 Å². The lowest BCUT2D eigenvalue weighted by atomic mass is 9.81. The summed E-state index contributed by atoms with van der Waals surface area (Å²) in [5.74, 6) is 7.35. The van der Waals surface area contributed by atoms with Crippen molar-refractivity contribution < 1.29 is 4.74 Å². The van der Waals surface area contributed by atoms with Crippen LogP contribution in [0, 0.1) is 0 Å². The smallest absolute Gasteiger partial charge is 0.199 e. The predicted molar refractivity (Wildman–Crippen MR) is 99.4 cm³/mol. The number of hydrogen-bond donors (Lipinski definition) is 1. The number of pyridine rings is 2. The van der Waals surface area contributed by atoms with Crippen molar-refractivity contribution in [1.29, 1.82) is 0 Å². The minimum atomic E-state index is -0.00383. The van der Waals surface area contributed by atoms with Gasteiger partial charge in [0.15, 0.2) is 5.43 Å². The Morgan fingerprint density at radius 1 is 1.24 bits per heavy atom. The third kappa shape index (κ3) is 2.65. The molecule has 1 aromatic carbocycles. The molecule has 4 rings (SSSR count). The summed E-state index contributed by atoms with van der Waals surface area (Å²) in [4.78, 5) is 17.7. The van der Waals surface area contributed by atoms with Crippen LogP contribution in [0.5, 0.6) is 5.75 Å². The van der Waals surface area contributed by atoms with E-state index >= 15 is 0 Å². The van der Waals surface area contributed by atoms with Crippen LogP contribution in [-0.4, -0.2) is 16.3 Å². The van der Waals surface area contributed by atoms with Gasteiger partial charge in [0.05, 0.1) is 23.2 Å². The molecule has 2 aromatic heterocycles. The van der Waals surface area contributed by atoms with Crippen LogP contribution < -0.4 is 16.0 Å². The second kappa shape index (κ2) is 6.24. The van der Waals surface area contributed by atoms with Gasteiger partial charge < -0.3 is 10.6 Å². The van der Waals surface area contributed by atoms with Gasteiger partial charge in [-0.1, -0.05) is 18.6 Å². The zero-order valence-electron chi connectivity index (χ0n) is 14.2. The lowest BCUT2D eigenvalue weighted by Gasteiger charge is -2.26. The summed E-state index contributed by atoms with van der Waals surface area (Å²) in [5, 5.41) is 0.654. The highest BCUT2D eigenvalue weighted by Crippen LogP contribution is 2.37. The van der Waals surface area contributed by atoms with Gasteiger partial charge in [0.2, 0.25) is 0 Å². The van der Waals surface area contributed by atoms with E-state index < -0.39 is 0 Å². The largest absolute Gasteiger partial charge is 0.494 e. The topological polar surface area (TPSA) is 70.1 Å². The molecular weight excluding hydrogens is 314 g/mol. The van der Waals surface area contributed by atoms with E-state index in [0.717, 1.165) is 35.4 Å². The van der Waals surface area contributed by atoms with Crippen molar-refractivity contribution in [3.05, 3.63) is 58.6 Å². The second-order valence-electron chi connectivity index (χ2n) is 6.45. The van der Waals surface area contributed by atoms with Gasteiger partial charge in [-0.05, 0) is 43.5 Å². The molecule has 0 amide bonds. The normalized spacial score (nSPS) is 14.4. The van der Waals surface area contributed by atoms with Gasteiger partial charge in [-0.15, -0.1) is 0 Å². The molecule has 1 aliphatic carbocycles. The Morgan fingerprint density at radius 3 is 2.64 bits per heavy atom. The standard InChI is InChI=1S/C20H21N3O2/c1-2-25-15-8-6-13(7-9-15)16-12-23(21)17-10-11-22-19(14-4-3-5-14)18(17)20(16)24/h6-12,14H,2-5,21H2,1H3. The van der Waals surface area contributed by atoms with Crippen molar-refractivity contribution in [2.75, 3.05) is 12.4 Å². The highest BCUT2D eigenvalue weighted by atomic mass is 16.5. The van der Waals surface area contributed by atoms with Gasteiger partial charge in [-0.2, -0.15) is 0 Å². The van der Waals surface area contributed by atoms with Crippen LogP contribution in [0.3, 0.4) is 0 Å². The monoisotopic (exact) mass is 335 g/mol. The molecule has 0 radical (unpaired) electrons. The zero-order chi connectivity index (χ0) is 17.4. The highest BCUT2D eigenvalue weighted by molar-refractivity contribution is 5.86. The second-order valence-corrected chi connectivity index (χ2v) is 6.45. The van der Waals surface area contributed by atoms with Crippen molar-refractivity contribution >= 4 is 10.9 Å².